The topological polar surface area (TPSA) is 35.5 Å². The van der Waals surface area contributed by atoms with Crippen molar-refractivity contribution in [2.24, 2.45) is 0 Å². The zero-order valence-corrected chi connectivity index (χ0v) is 12.8. The zero-order chi connectivity index (χ0) is 15.2. The fraction of sp³-hybridized carbons (Fsp3) is 0.235. The van der Waals surface area contributed by atoms with Gasteiger partial charge in [0.05, 0.1) is 0 Å². The van der Waals surface area contributed by atoms with Gasteiger partial charge in [-0.3, -0.25) is 0 Å². The molecule has 0 radical (unpaired) electrons. The SMILES string of the molecule is CC(C)c1ccc(OC(=O)COc2ccc(Cl)cc2)cc1. The lowest BCUT2D eigenvalue weighted by molar-refractivity contribution is -0.136. The first-order chi connectivity index (χ1) is 10.0. The van der Waals surface area contributed by atoms with E-state index in [1.807, 2.05) is 12.1 Å². The predicted octanol–water partition coefficient (Wildman–Crippen LogP) is 4.45. The second-order valence-electron chi connectivity index (χ2n) is 4.94. The monoisotopic (exact) mass is 304 g/mol. The van der Waals surface area contributed by atoms with Crippen LogP contribution in [0.1, 0.15) is 25.3 Å². The van der Waals surface area contributed by atoms with Gasteiger partial charge in [0, 0.05) is 5.02 Å². The van der Waals surface area contributed by atoms with E-state index in [1.54, 1.807) is 36.4 Å². The molecule has 4 heteroatoms. The third-order valence-corrected chi connectivity index (χ3v) is 3.20. The van der Waals surface area contributed by atoms with Gasteiger partial charge in [0.15, 0.2) is 6.61 Å². The van der Waals surface area contributed by atoms with Gasteiger partial charge >= 0.3 is 5.97 Å². The third kappa shape index (κ3) is 4.80. The van der Waals surface area contributed by atoms with E-state index in [1.165, 1.54) is 5.56 Å². The van der Waals surface area contributed by atoms with Gasteiger partial charge in [-0.05, 0) is 47.9 Å². The maximum Gasteiger partial charge on any atom is 0.349 e. The fourth-order valence-electron chi connectivity index (χ4n) is 1.75. The van der Waals surface area contributed by atoms with E-state index < -0.39 is 5.97 Å². The molecule has 0 amide bonds. The van der Waals surface area contributed by atoms with E-state index in [0.29, 0.717) is 22.4 Å². The largest absolute Gasteiger partial charge is 0.482 e. The summed E-state index contributed by atoms with van der Waals surface area (Å²) in [6, 6.07) is 14.3. The average Bonchev–Trinajstić information content (AvgIpc) is 2.47. The van der Waals surface area contributed by atoms with Crippen molar-refractivity contribution in [3.63, 3.8) is 0 Å². The number of ether oxygens (including phenoxy) is 2. The number of esters is 1. The Bertz CT molecular complexity index is 588. The zero-order valence-electron chi connectivity index (χ0n) is 12.0. The minimum atomic E-state index is -0.442. The highest BCUT2D eigenvalue weighted by Crippen LogP contribution is 2.19. The van der Waals surface area contributed by atoms with E-state index in [9.17, 15) is 4.79 Å². The van der Waals surface area contributed by atoms with Gasteiger partial charge in [-0.15, -0.1) is 0 Å². The van der Waals surface area contributed by atoms with Crippen LogP contribution in [-0.4, -0.2) is 12.6 Å². The Morgan fingerprint density at radius 3 is 2.14 bits per heavy atom. The van der Waals surface area contributed by atoms with Gasteiger partial charge in [0.2, 0.25) is 0 Å². The second-order valence-corrected chi connectivity index (χ2v) is 5.38. The molecule has 0 unspecified atom stereocenters. The van der Waals surface area contributed by atoms with Crippen molar-refractivity contribution in [3.05, 3.63) is 59.1 Å². The number of benzene rings is 2. The Labute approximate surface area is 129 Å². The van der Waals surface area contributed by atoms with Crippen molar-refractivity contribution in [3.8, 4) is 11.5 Å². The summed E-state index contributed by atoms with van der Waals surface area (Å²) in [5.41, 5.74) is 1.20. The van der Waals surface area contributed by atoms with Crippen molar-refractivity contribution in [2.45, 2.75) is 19.8 Å². The Hall–Kier alpha value is -2.00. The summed E-state index contributed by atoms with van der Waals surface area (Å²) >= 11 is 5.77. The Morgan fingerprint density at radius 2 is 1.57 bits per heavy atom. The van der Waals surface area contributed by atoms with E-state index in [0.717, 1.165) is 0 Å². The summed E-state index contributed by atoms with van der Waals surface area (Å²) < 4.78 is 10.5. The van der Waals surface area contributed by atoms with Gasteiger partial charge in [-0.25, -0.2) is 4.79 Å². The first-order valence-electron chi connectivity index (χ1n) is 6.73. The molecule has 0 aromatic heterocycles. The number of hydrogen-bond donors (Lipinski definition) is 0. The van der Waals surface area contributed by atoms with Crippen LogP contribution in [0, 0.1) is 0 Å². The van der Waals surface area contributed by atoms with Crippen molar-refractivity contribution in [1.82, 2.24) is 0 Å². The van der Waals surface area contributed by atoms with Gasteiger partial charge in [0.1, 0.15) is 11.5 Å². The van der Waals surface area contributed by atoms with Crippen molar-refractivity contribution in [2.75, 3.05) is 6.61 Å². The molecule has 0 aliphatic heterocycles. The quantitative estimate of drug-likeness (QED) is 0.605. The van der Waals surface area contributed by atoms with Crippen LogP contribution in [0.5, 0.6) is 11.5 Å². The van der Waals surface area contributed by atoms with Gasteiger partial charge < -0.3 is 9.47 Å². The maximum absolute atomic E-state index is 11.7. The van der Waals surface area contributed by atoms with Gasteiger partial charge in [-0.2, -0.15) is 0 Å². The molecule has 110 valence electrons. The molecule has 2 aromatic rings. The number of carbonyl (C=O) groups excluding carboxylic acids is 1. The molecule has 2 aromatic carbocycles. The molecule has 2 rings (SSSR count). The number of hydrogen-bond acceptors (Lipinski definition) is 3. The molecule has 0 spiro atoms. The second kappa shape index (κ2) is 7.14. The van der Waals surface area contributed by atoms with Crippen LogP contribution in [0.4, 0.5) is 0 Å². The summed E-state index contributed by atoms with van der Waals surface area (Å²) in [6.45, 7) is 4.08. The highest BCUT2D eigenvalue weighted by molar-refractivity contribution is 6.30. The summed E-state index contributed by atoms with van der Waals surface area (Å²) in [4.78, 5) is 11.7. The molecule has 0 fully saturated rings. The summed E-state index contributed by atoms with van der Waals surface area (Å²) in [5.74, 6) is 1.10. The molecule has 0 saturated heterocycles. The lowest BCUT2D eigenvalue weighted by atomic mass is 10.0. The fourth-order valence-corrected chi connectivity index (χ4v) is 1.88. The Balaban J connectivity index is 1.85. The highest BCUT2D eigenvalue weighted by atomic mass is 35.5. The van der Waals surface area contributed by atoms with Crippen molar-refractivity contribution >= 4 is 17.6 Å². The van der Waals surface area contributed by atoms with E-state index in [-0.39, 0.29) is 6.61 Å². The minimum Gasteiger partial charge on any atom is -0.482 e. The third-order valence-electron chi connectivity index (χ3n) is 2.95. The van der Waals surface area contributed by atoms with Crippen molar-refractivity contribution in [1.29, 1.82) is 0 Å². The molecule has 0 aliphatic carbocycles. The molecule has 0 bridgehead atoms. The van der Waals surface area contributed by atoms with Crippen LogP contribution >= 0.6 is 11.6 Å². The predicted molar refractivity (Wildman–Crippen MR) is 83.1 cm³/mol. The van der Waals surface area contributed by atoms with Crippen LogP contribution < -0.4 is 9.47 Å². The smallest absolute Gasteiger partial charge is 0.349 e. The molecule has 0 aliphatic rings. The molecule has 21 heavy (non-hydrogen) atoms. The summed E-state index contributed by atoms with van der Waals surface area (Å²) in [5, 5.41) is 0.621. The van der Waals surface area contributed by atoms with Crippen LogP contribution in [0.2, 0.25) is 5.02 Å². The number of halogens is 1. The molecule has 3 nitrogen and oxygen atoms in total. The standard InChI is InChI=1S/C17H17ClO3/c1-12(2)13-3-7-16(8-4-13)21-17(19)11-20-15-9-5-14(18)6-10-15/h3-10,12H,11H2,1-2H3. The Kier molecular flexibility index (Phi) is 5.23. The Morgan fingerprint density at radius 1 is 1.00 bits per heavy atom. The van der Waals surface area contributed by atoms with Gasteiger partial charge in [-0.1, -0.05) is 37.6 Å². The van der Waals surface area contributed by atoms with E-state index in [2.05, 4.69) is 13.8 Å². The number of carbonyl (C=O) groups is 1. The minimum absolute atomic E-state index is 0.145. The number of rotatable bonds is 5. The summed E-state index contributed by atoms with van der Waals surface area (Å²) in [6.07, 6.45) is 0. The van der Waals surface area contributed by atoms with Crippen LogP contribution in [-0.2, 0) is 4.79 Å². The first kappa shape index (κ1) is 15.4. The molecule has 0 atom stereocenters. The maximum atomic E-state index is 11.7. The van der Waals surface area contributed by atoms with Gasteiger partial charge in [0.25, 0.3) is 0 Å². The lowest BCUT2D eigenvalue weighted by Gasteiger charge is -2.08. The van der Waals surface area contributed by atoms with Crippen LogP contribution in [0.3, 0.4) is 0 Å². The molecule has 0 saturated carbocycles. The summed E-state index contributed by atoms with van der Waals surface area (Å²) in [7, 11) is 0. The first-order valence-corrected chi connectivity index (χ1v) is 7.11. The van der Waals surface area contributed by atoms with Crippen LogP contribution in [0.25, 0.3) is 0 Å². The molecular weight excluding hydrogens is 288 g/mol. The average molecular weight is 305 g/mol. The van der Waals surface area contributed by atoms with E-state index in [4.69, 9.17) is 21.1 Å². The molecule has 0 heterocycles. The van der Waals surface area contributed by atoms with E-state index >= 15 is 0 Å². The molecular formula is C17H17ClO3. The normalized spacial score (nSPS) is 10.5. The lowest BCUT2D eigenvalue weighted by Crippen LogP contribution is -2.17. The van der Waals surface area contributed by atoms with Crippen LogP contribution in [0.15, 0.2) is 48.5 Å². The van der Waals surface area contributed by atoms with Crippen molar-refractivity contribution < 1.29 is 14.3 Å². The molecule has 0 N–H and O–H groups in total. The highest BCUT2D eigenvalue weighted by Gasteiger charge is 2.07.